The zero-order chi connectivity index (χ0) is 31.2. The van der Waals surface area contributed by atoms with Crippen molar-refractivity contribution in [2.24, 2.45) is 5.92 Å². The highest BCUT2D eigenvalue weighted by Gasteiger charge is 2.52. The van der Waals surface area contributed by atoms with Crippen LogP contribution in [0.15, 0.2) is 54.6 Å². The van der Waals surface area contributed by atoms with E-state index in [1.165, 1.54) is 15.9 Å². The zero-order valence-corrected chi connectivity index (χ0v) is 23.8. The lowest BCUT2D eigenvalue weighted by molar-refractivity contribution is -0.137. The summed E-state index contributed by atoms with van der Waals surface area (Å²) in [6.07, 6.45) is -3.18. The summed E-state index contributed by atoms with van der Waals surface area (Å²) in [6, 6.07) is 13.4. The van der Waals surface area contributed by atoms with Gasteiger partial charge in [-0.15, -0.1) is 0 Å². The summed E-state index contributed by atoms with van der Waals surface area (Å²) < 4.78 is 41.8. The summed E-state index contributed by atoms with van der Waals surface area (Å²) in [4.78, 5) is 44.7. The topological polar surface area (TPSA) is 123 Å². The third-order valence-electron chi connectivity index (χ3n) is 8.42. The SMILES string of the molecule is CCN1C(=O)[C@@H](NC(=O)c2cccc(C(F)(F)F)c2)[C@@H](C2CC2)c2c(C(=O)N3CCNC[C@H]3C#N)nn(-c3ccccc3)c21. The van der Waals surface area contributed by atoms with Crippen LogP contribution in [0.2, 0.25) is 0 Å². The van der Waals surface area contributed by atoms with Crippen LogP contribution in [0, 0.1) is 17.2 Å². The van der Waals surface area contributed by atoms with Gasteiger partial charge in [-0.2, -0.15) is 23.5 Å². The molecule has 2 aromatic carbocycles. The van der Waals surface area contributed by atoms with Gasteiger partial charge in [0.1, 0.15) is 17.9 Å². The number of para-hydroxylation sites is 1. The molecule has 228 valence electrons. The quantitative estimate of drug-likeness (QED) is 0.444. The number of fused-ring (bicyclic) bond motifs is 1. The van der Waals surface area contributed by atoms with Gasteiger partial charge in [-0.1, -0.05) is 24.3 Å². The predicted octanol–water partition coefficient (Wildman–Crippen LogP) is 3.49. The lowest BCUT2D eigenvalue weighted by Crippen LogP contribution is -2.56. The van der Waals surface area contributed by atoms with Crippen molar-refractivity contribution in [3.8, 4) is 11.8 Å². The van der Waals surface area contributed by atoms with E-state index < -0.39 is 47.5 Å². The number of benzene rings is 2. The lowest BCUT2D eigenvalue weighted by atomic mass is 9.82. The van der Waals surface area contributed by atoms with E-state index in [-0.39, 0.29) is 30.3 Å². The van der Waals surface area contributed by atoms with Crippen molar-refractivity contribution < 1.29 is 27.6 Å². The molecule has 1 aliphatic carbocycles. The van der Waals surface area contributed by atoms with Gasteiger partial charge in [0.15, 0.2) is 5.69 Å². The minimum atomic E-state index is -4.64. The van der Waals surface area contributed by atoms with Gasteiger partial charge in [-0.25, -0.2) is 4.68 Å². The molecule has 3 aliphatic rings. The first-order valence-electron chi connectivity index (χ1n) is 14.5. The molecule has 1 saturated heterocycles. The fraction of sp³-hybridized carbons (Fsp3) is 0.387. The molecule has 3 heterocycles. The summed E-state index contributed by atoms with van der Waals surface area (Å²) in [5.41, 5.74) is -0.00636. The molecule has 2 aliphatic heterocycles. The predicted molar refractivity (Wildman–Crippen MR) is 153 cm³/mol. The van der Waals surface area contributed by atoms with E-state index in [2.05, 4.69) is 16.7 Å². The Morgan fingerprint density at radius 1 is 1.14 bits per heavy atom. The minimum Gasteiger partial charge on any atom is -0.340 e. The number of nitriles is 1. The molecule has 3 atom stereocenters. The van der Waals surface area contributed by atoms with Crippen LogP contribution in [0.25, 0.3) is 5.69 Å². The Hall–Kier alpha value is -4.70. The van der Waals surface area contributed by atoms with Crippen molar-refractivity contribution in [2.45, 2.75) is 43.9 Å². The number of hydrogen-bond acceptors (Lipinski definition) is 6. The molecule has 1 saturated carbocycles. The maximum atomic E-state index is 14.2. The van der Waals surface area contributed by atoms with Gasteiger partial charge in [-0.3, -0.25) is 19.3 Å². The monoisotopic (exact) mass is 605 g/mol. The molecular formula is C31H30F3N7O3. The number of rotatable bonds is 6. The van der Waals surface area contributed by atoms with E-state index in [0.29, 0.717) is 30.2 Å². The second-order valence-electron chi connectivity index (χ2n) is 11.2. The van der Waals surface area contributed by atoms with Crippen LogP contribution in [0.5, 0.6) is 0 Å². The van der Waals surface area contributed by atoms with Crippen LogP contribution in [0.4, 0.5) is 19.0 Å². The Morgan fingerprint density at radius 2 is 1.89 bits per heavy atom. The number of alkyl halides is 3. The summed E-state index contributed by atoms with van der Waals surface area (Å²) in [5, 5.41) is 20.4. The molecule has 3 aromatic rings. The van der Waals surface area contributed by atoms with Crippen molar-refractivity contribution >= 4 is 23.5 Å². The number of carbonyl (C=O) groups is 3. The summed E-state index contributed by atoms with van der Waals surface area (Å²) in [6.45, 7) is 3.01. The van der Waals surface area contributed by atoms with Gasteiger partial charge in [0.2, 0.25) is 0 Å². The van der Waals surface area contributed by atoms with E-state index in [4.69, 9.17) is 5.10 Å². The maximum absolute atomic E-state index is 14.2. The second kappa shape index (κ2) is 11.4. The molecule has 3 amide bonds. The first kappa shape index (κ1) is 29.4. The van der Waals surface area contributed by atoms with Gasteiger partial charge in [0.05, 0.1) is 17.3 Å². The third kappa shape index (κ3) is 5.19. The Labute approximate surface area is 251 Å². The van der Waals surface area contributed by atoms with Gasteiger partial charge in [0.25, 0.3) is 17.7 Å². The number of nitrogens with zero attached hydrogens (tertiary/aromatic N) is 5. The van der Waals surface area contributed by atoms with Crippen molar-refractivity contribution in [1.29, 1.82) is 5.26 Å². The molecule has 10 nitrogen and oxygen atoms in total. The first-order chi connectivity index (χ1) is 21.1. The Bertz CT molecular complexity index is 1650. The Morgan fingerprint density at radius 3 is 2.55 bits per heavy atom. The fourth-order valence-corrected chi connectivity index (χ4v) is 6.17. The molecule has 0 spiro atoms. The molecule has 13 heteroatoms. The smallest absolute Gasteiger partial charge is 0.340 e. The molecule has 0 bridgehead atoms. The highest BCUT2D eigenvalue weighted by molar-refractivity contribution is 6.07. The van der Waals surface area contributed by atoms with Crippen molar-refractivity contribution in [3.05, 3.63) is 77.0 Å². The Balaban J connectivity index is 1.48. The molecule has 0 radical (unpaired) electrons. The largest absolute Gasteiger partial charge is 0.416 e. The molecule has 0 unspecified atom stereocenters. The number of carbonyl (C=O) groups excluding carboxylic acids is 3. The molecule has 6 rings (SSSR count). The summed E-state index contributed by atoms with van der Waals surface area (Å²) >= 11 is 0. The average Bonchev–Trinajstić information content (AvgIpc) is 3.80. The molecule has 1 aromatic heterocycles. The van der Waals surface area contributed by atoms with Crippen LogP contribution in [0.1, 0.15) is 57.7 Å². The van der Waals surface area contributed by atoms with E-state index in [0.717, 1.165) is 31.0 Å². The number of hydrogen-bond donors (Lipinski definition) is 2. The highest BCUT2D eigenvalue weighted by Crippen LogP contribution is 2.51. The number of anilines is 1. The van der Waals surface area contributed by atoms with Crippen LogP contribution < -0.4 is 15.5 Å². The standard InChI is InChI=1S/C31H30F3N7O3/c1-2-39-28-24(26(38-41(28)21-9-4-3-5-10-21)30(44)40-14-13-36-17-22(40)16-35)23(18-11-12-18)25(29(39)43)37-27(42)19-7-6-8-20(15-19)31(32,33)34/h3-10,15,18,22-23,25,36H,2,11-14,17H2,1H3,(H,37,42)/t22-,23+,25+/m1/s1. The van der Waals surface area contributed by atoms with Crippen LogP contribution in [-0.2, 0) is 11.0 Å². The molecule has 2 fully saturated rings. The van der Waals surface area contributed by atoms with E-state index >= 15 is 0 Å². The van der Waals surface area contributed by atoms with Crippen LogP contribution in [-0.4, -0.2) is 70.7 Å². The lowest BCUT2D eigenvalue weighted by Gasteiger charge is -2.39. The number of aromatic nitrogens is 2. The van der Waals surface area contributed by atoms with Crippen LogP contribution in [0.3, 0.4) is 0 Å². The highest BCUT2D eigenvalue weighted by atomic mass is 19.4. The van der Waals surface area contributed by atoms with E-state index in [9.17, 15) is 32.8 Å². The van der Waals surface area contributed by atoms with Gasteiger partial charge < -0.3 is 15.5 Å². The molecular weight excluding hydrogens is 575 g/mol. The number of amides is 3. The zero-order valence-electron chi connectivity index (χ0n) is 23.8. The van der Waals surface area contributed by atoms with Gasteiger partial charge in [-0.05, 0) is 56.0 Å². The van der Waals surface area contributed by atoms with Gasteiger partial charge >= 0.3 is 6.18 Å². The van der Waals surface area contributed by atoms with Crippen molar-refractivity contribution in [3.63, 3.8) is 0 Å². The summed E-state index contributed by atoms with van der Waals surface area (Å²) in [7, 11) is 0. The number of likely N-dealkylation sites (N-methyl/N-ethyl adjacent to an activating group) is 1. The second-order valence-corrected chi connectivity index (χ2v) is 11.2. The Kier molecular flexibility index (Phi) is 7.63. The minimum absolute atomic E-state index is 0.0710. The van der Waals surface area contributed by atoms with Gasteiger partial charge in [0, 0.05) is 43.2 Å². The number of piperazine rings is 1. The first-order valence-corrected chi connectivity index (χ1v) is 14.5. The normalized spacial score (nSPS) is 21.9. The van der Waals surface area contributed by atoms with E-state index in [1.807, 2.05) is 18.2 Å². The average molecular weight is 606 g/mol. The fourth-order valence-electron chi connectivity index (χ4n) is 6.17. The van der Waals surface area contributed by atoms with Crippen molar-refractivity contribution in [2.75, 3.05) is 31.1 Å². The molecule has 2 N–H and O–H groups in total. The summed E-state index contributed by atoms with van der Waals surface area (Å²) in [5.74, 6) is -2.03. The number of nitrogens with one attached hydrogen (secondary N) is 2. The maximum Gasteiger partial charge on any atom is 0.416 e. The van der Waals surface area contributed by atoms with Crippen molar-refractivity contribution in [1.82, 2.24) is 25.3 Å². The van der Waals surface area contributed by atoms with E-state index in [1.54, 1.807) is 23.7 Å². The molecule has 44 heavy (non-hydrogen) atoms. The third-order valence-corrected chi connectivity index (χ3v) is 8.42. The number of halogens is 3. The van der Waals surface area contributed by atoms with Crippen LogP contribution >= 0.6 is 0 Å².